The Morgan fingerprint density at radius 1 is 1.16 bits per heavy atom. The number of halogens is 1. The Morgan fingerprint density at radius 2 is 1.96 bits per heavy atom. The van der Waals surface area contributed by atoms with Crippen LogP contribution >= 0.6 is 11.3 Å². The van der Waals surface area contributed by atoms with Crippen LogP contribution in [0.4, 0.5) is 4.39 Å². The Morgan fingerprint density at radius 3 is 2.76 bits per heavy atom. The van der Waals surface area contributed by atoms with Crippen molar-refractivity contribution in [2.75, 3.05) is 13.2 Å². The van der Waals surface area contributed by atoms with E-state index >= 15 is 0 Å². The van der Waals surface area contributed by atoms with Gasteiger partial charge in [0.25, 0.3) is 5.91 Å². The highest BCUT2D eigenvalue weighted by molar-refractivity contribution is 7.16. The number of hydrogen-bond acceptors (Lipinski definition) is 5. The first kappa shape index (κ1) is 17.0. The molecule has 1 N–H and O–H groups in total. The smallest absolute Gasteiger partial charge is 0.338 e. The zero-order chi connectivity index (χ0) is 17.6. The standard InChI is InChI=1S/C18H15FN2O3S/c19-14-4-1-12(2-5-14)7-8-20-17(22)10-24-18(23)13-3-6-15-16(9-13)25-11-21-15/h1-6,9,11H,7-8,10H2,(H,20,22). The number of amides is 1. The molecule has 5 nitrogen and oxygen atoms in total. The lowest BCUT2D eigenvalue weighted by Gasteiger charge is -2.07. The summed E-state index contributed by atoms with van der Waals surface area (Å²) in [7, 11) is 0. The van der Waals surface area contributed by atoms with Gasteiger partial charge in [0.1, 0.15) is 5.82 Å². The number of ether oxygens (including phenoxy) is 1. The monoisotopic (exact) mass is 358 g/mol. The summed E-state index contributed by atoms with van der Waals surface area (Å²) in [4.78, 5) is 27.9. The predicted octanol–water partition coefficient (Wildman–Crippen LogP) is 2.95. The van der Waals surface area contributed by atoms with Gasteiger partial charge in [0.05, 0.1) is 21.3 Å². The molecule has 1 amide bonds. The number of benzene rings is 2. The van der Waals surface area contributed by atoms with Crippen LogP contribution < -0.4 is 5.32 Å². The quantitative estimate of drug-likeness (QED) is 0.688. The minimum Gasteiger partial charge on any atom is -0.452 e. The summed E-state index contributed by atoms with van der Waals surface area (Å²) < 4.78 is 18.7. The highest BCUT2D eigenvalue weighted by atomic mass is 32.1. The SMILES string of the molecule is O=C(COC(=O)c1ccc2ncsc2c1)NCCc1ccc(F)cc1. The van der Waals surface area contributed by atoms with E-state index in [9.17, 15) is 14.0 Å². The third-order valence-electron chi connectivity index (χ3n) is 3.55. The second kappa shape index (κ2) is 7.85. The number of aromatic nitrogens is 1. The number of hydrogen-bond donors (Lipinski definition) is 1. The molecule has 7 heteroatoms. The van der Waals surface area contributed by atoms with Crippen molar-refractivity contribution < 1.29 is 18.7 Å². The lowest BCUT2D eigenvalue weighted by Crippen LogP contribution is -2.30. The lowest BCUT2D eigenvalue weighted by molar-refractivity contribution is -0.124. The Labute approximate surface area is 147 Å². The molecule has 0 aliphatic heterocycles. The van der Waals surface area contributed by atoms with Crippen LogP contribution in [-0.4, -0.2) is 30.0 Å². The summed E-state index contributed by atoms with van der Waals surface area (Å²) in [5.41, 5.74) is 3.82. The van der Waals surface area contributed by atoms with Gasteiger partial charge in [0.15, 0.2) is 6.61 Å². The van der Waals surface area contributed by atoms with Gasteiger partial charge in [-0.2, -0.15) is 0 Å². The average Bonchev–Trinajstić information content (AvgIpc) is 3.09. The maximum Gasteiger partial charge on any atom is 0.338 e. The van der Waals surface area contributed by atoms with E-state index in [0.29, 0.717) is 18.5 Å². The fraction of sp³-hybridized carbons (Fsp3) is 0.167. The number of nitrogens with one attached hydrogen (secondary N) is 1. The largest absolute Gasteiger partial charge is 0.452 e. The Hall–Kier alpha value is -2.80. The first-order valence-corrected chi connectivity index (χ1v) is 8.51. The van der Waals surface area contributed by atoms with Crippen LogP contribution in [0.5, 0.6) is 0 Å². The molecule has 1 aromatic heterocycles. The van der Waals surface area contributed by atoms with Crippen LogP contribution in [0.2, 0.25) is 0 Å². The van der Waals surface area contributed by atoms with Crippen LogP contribution in [-0.2, 0) is 16.0 Å². The molecule has 0 spiro atoms. The van der Waals surface area contributed by atoms with E-state index in [0.717, 1.165) is 15.8 Å². The number of rotatable bonds is 6. The van der Waals surface area contributed by atoms with Crippen LogP contribution in [0.3, 0.4) is 0 Å². The number of carbonyl (C=O) groups excluding carboxylic acids is 2. The molecular formula is C18H15FN2O3S. The Bertz CT molecular complexity index is 893. The molecule has 0 aliphatic rings. The number of esters is 1. The third-order valence-corrected chi connectivity index (χ3v) is 4.34. The second-order valence-electron chi connectivity index (χ2n) is 5.34. The van der Waals surface area contributed by atoms with Gasteiger partial charge < -0.3 is 10.1 Å². The van der Waals surface area contributed by atoms with E-state index in [1.54, 1.807) is 35.8 Å². The average molecular weight is 358 g/mol. The summed E-state index contributed by atoms with van der Waals surface area (Å²) >= 11 is 1.43. The molecular weight excluding hydrogens is 343 g/mol. The topological polar surface area (TPSA) is 68.3 Å². The van der Waals surface area contributed by atoms with Gasteiger partial charge in [-0.1, -0.05) is 12.1 Å². The van der Waals surface area contributed by atoms with Crippen molar-refractivity contribution in [2.45, 2.75) is 6.42 Å². The lowest BCUT2D eigenvalue weighted by atomic mass is 10.1. The van der Waals surface area contributed by atoms with E-state index in [1.165, 1.54) is 23.5 Å². The van der Waals surface area contributed by atoms with E-state index in [1.807, 2.05) is 0 Å². The van der Waals surface area contributed by atoms with E-state index in [-0.39, 0.29) is 18.3 Å². The molecule has 0 atom stereocenters. The van der Waals surface area contributed by atoms with Crippen LogP contribution in [0.25, 0.3) is 10.2 Å². The molecule has 0 saturated heterocycles. The van der Waals surface area contributed by atoms with Crippen molar-refractivity contribution in [2.24, 2.45) is 0 Å². The summed E-state index contributed by atoms with van der Waals surface area (Å²) in [6.07, 6.45) is 0.571. The molecule has 25 heavy (non-hydrogen) atoms. The molecule has 0 saturated carbocycles. The number of nitrogens with zero attached hydrogens (tertiary/aromatic N) is 1. The molecule has 0 unspecified atom stereocenters. The molecule has 3 rings (SSSR count). The van der Waals surface area contributed by atoms with Crippen molar-refractivity contribution >= 4 is 33.4 Å². The first-order valence-electron chi connectivity index (χ1n) is 7.63. The minimum absolute atomic E-state index is 0.295. The van der Waals surface area contributed by atoms with Crippen LogP contribution in [0.1, 0.15) is 15.9 Å². The van der Waals surface area contributed by atoms with Gasteiger partial charge in [0.2, 0.25) is 0 Å². The van der Waals surface area contributed by atoms with Crippen molar-refractivity contribution in [3.63, 3.8) is 0 Å². The van der Waals surface area contributed by atoms with Crippen molar-refractivity contribution in [3.8, 4) is 0 Å². The Balaban J connectivity index is 1.43. The summed E-state index contributed by atoms with van der Waals surface area (Å²) in [6.45, 7) is 0.0395. The fourth-order valence-electron chi connectivity index (χ4n) is 2.24. The molecule has 128 valence electrons. The van der Waals surface area contributed by atoms with Crippen LogP contribution in [0, 0.1) is 5.82 Å². The summed E-state index contributed by atoms with van der Waals surface area (Å²) in [6, 6.07) is 11.1. The first-order chi connectivity index (χ1) is 12.1. The van der Waals surface area contributed by atoms with Crippen LogP contribution in [0.15, 0.2) is 48.0 Å². The summed E-state index contributed by atoms with van der Waals surface area (Å²) in [5.74, 6) is -1.23. The Kier molecular flexibility index (Phi) is 5.35. The maximum atomic E-state index is 12.8. The van der Waals surface area contributed by atoms with E-state index in [2.05, 4.69) is 10.3 Å². The molecule has 0 radical (unpaired) electrons. The third kappa shape index (κ3) is 4.60. The summed E-state index contributed by atoms with van der Waals surface area (Å²) in [5, 5.41) is 2.66. The normalized spacial score (nSPS) is 10.6. The van der Waals surface area contributed by atoms with Crippen molar-refractivity contribution in [3.05, 3.63) is 64.9 Å². The maximum absolute atomic E-state index is 12.8. The predicted molar refractivity (Wildman–Crippen MR) is 93.0 cm³/mol. The van der Waals surface area contributed by atoms with Gasteiger partial charge in [-0.25, -0.2) is 14.2 Å². The van der Waals surface area contributed by atoms with Gasteiger partial charge in [-0.3, -0.25) is 4.79 Å². The number of carbonyl (C=O) groups is 2. The molecule has 1 heterocycles. The molecule has 0 bridgehead atoms. The fourth-order valence-corrected chi connectivity index (χ4v) is 2.96. The minimum atomic E-state index is -0.552. The van der Waals surface area contributed by atoms with Crippen molar-refractivity contribution in [1.29, 1.82) is 0 Å². The van der Waals surface area contributed by atoms with Gasteiger partial charge in [-0.05, 0) is 42.3 Å². The van der Waals surface area contributed by atoms with E-state index in [4.69, 9.17) is 4.74 Å². The number of fused-ring (bicyclic) bond motifs is 1. The molecule has 2 aromatic carbocycles. The van der Waals surface area contributed by atoms with Gasteiger partial charge in [0, 0.05) is 6.54 Å². The highest BCUT2D eigenvalue weighted by Crippen LogP contribution is 2.19. The molecule has 0 fully saturated rings. The van der Waals surface area contributed by atoms with E-state index < -0.39 is 5.97 Å². The zero-order valence-corrected chi connectivity index (χ0v) is 14.0. The molecule has 3 aromatic rings. The van der Waals surface area contributed by atoms with Gasteiger partial charge >= 0.3 is 5.97 Å². The second-order valence-corrected chi connectivity index (χ2v) is 6.22. The zero-order valence-electron chi connectivity index (χ0n) is 13.2. The molecule has 0 aliphatic carbocycles. The number of thiazole rings is 1. The van der Waals surface area contributed by atoms with Crippen molar-refractivity contribution in [1.82, 2.24) is 10.3 Å². The van der Waals surface area contributed by atoms with Gasteiger partial charge in [-0.15, -0.1) is 11.3 Å². The highest BCUT2D eigenvalue weighted by Gasteiger charge is 2.11.